The van der Waals surface area contributed by atoms with Crippen molar-refractivity contribution in [1.29, 1.82) is 0 Å². The molecule has 0 spiro atoms. The highest BCUT2D eigenvalue weighted by molar-refractivity contribution is 6.31. The second-order valence-corrected chi connectivity index (χ2v) is 5.24. The van der Waals surface area contributed by atoms with Gasteiger partial charge in [-0.25, -0.2) is 0 Å². The van der Waals surface area contributed by atoms with Crippen LogP contribution in [0.2, 0.25) is 5.02 Å². The predicted molar refractivity (Wildman–Crippen MR) is 76.1 cm³/mol. The quantitative estimate of drug-likeness (QED) is 0.768. The molecule has 19 heavy (non-hydrogen) atoms. The molecular formula is C16H13ClO2. The van der Waals surface area contributed by atoms with Crippen molar-refractivity contribution < 1.29 is 9.53 Å². The van der Waals surface area contributed by atoms with Gasteiger partial charge in [-0.05, 0) is 47.9 Å². The Balaban J connectivity index is 2.08. The summed E-state index contributed by atoms with van der Waals surface area (Å²) in [7, 11) is 0. The van der Waals surface area contributed by atoms with Crippen molar-refractivity contribution in [3.63, 3.8) is 0 Å². The van der Waals surface area contributed by atoms with Gasteiger partial charge in [0.2, 0.25) is 0 Å². The molecule has 1 aliphatic heterocycles. The van der Waals surface area contributed by atoms with Crippen LogP contribution in [-0.2, 0) is 6.42 Å². The van der Waals surface area contributed by atoms with E-state index in [1.54, 1.807) is 12.1 Å². The Bertz CT molecular complexity index is 649. The molecule has 0 aliphatic carbocycles. The fraction of sp³-hybridized carbons (Fsp3) is 0.188. The molecule has 1 aliphatic rings. The summed E-state index contributed by atoms with van der Waals surface area (Å²) in [6.07, 6.45) is 1.97. The molecule has 0 aromatic heterocycles. The van der Waals surface area contributed by atoms with Crippen LogP contribution in [0.5, 0.6) is 5.75 Å². The summed E-state index contributed by atoms with van der Waals surface area (Å²) in [4.78, 5) is 11.2. The van der Waals surface area contributed by atoms with Gasteiger partial charge in [-0.15, -0.1) is 0 Å². The van der Waals surface area contributed by atoms with Gasteiger partial charge in [-0.3, -0.25) is 4.79 Å². The average molecular weight is 273 g/mol. The predicted octanol–water partition coefficient (Wildman–Crippen LogP) is 4.14. The molecule has 0 fully saturated rings. The molecule has 3 rings (SSSR count). The summed E-state index contributed by atoms with van der Waals surface area (Å²) in [5.74, 6) is 0.942. The van der Waals surface area contributed by atoms with Crippen LogP contribution in [0.15, 0.2) is 36.4 Å². The van der Waals surface area contributed by atoms with E-state index in [0.29, 0.717) is 10.6 Å². The Kier molecular flexibility index (Phi) is 3.03. The van der Waals surface area contributed by atoms with E-state index >= 15 is 0 Å². The zero-order valence-corrected chi connectivity index (χ0v) is 11.3. The summed E-state index contributed by atoms with van der Waals surface area (Å²) < 4.78 is 5.68. The minimum Gasteiger partial charge on any atom is -0.490 e. The minimum atomic E-state index is 0.223. The maximum Gasteiger partial charge on any atom is 0.150 e. The van der Waals surface area contributed by atoms with Gasteiger partial charge in [0.1, 0.15) is 11.9 Å². The number of benzene rings is 2. The lowest BCUT2D eigenvalue weighted by Gasteiger charge is -2.07. The van der Waals surface area contributed by atoms with E-state index in [1.807, 2.05) is 18.2 Å². The van der Waals surface area contributed by atoms with Crippen molar-refractivity contribution in [3.8, 4) is 16.9 Å². The first-order chi connectivity index (χ1) is 9.17. The fourth-order valence-corrected chi connectivity index (χ4v) is 2.66. The Morgan fingerprint density at radius 3 is 2.89 bits per heavy atom. The first-order valence-corrected chi connectivity index (χ1v) is 6.60. The molecule has 0 saturated carbocycles. The molecule has 0 radical (unpaired) electrons. The van der Waals surface area contributed by atoms with Crippen LogP contribution in [0.1, 0.15) is 22.8 Å². The van der Waals surface area contributed by atoms with Gasteiger partial charge in [0.25, 0.3) is 0 Å². The van der Waals surface area contributed by atoms with E-state index in [4.69, 9.17) is 16.3 Å². The highest BCUT2D eigenvalue weighted by Gasteiger charge is 2.19. The molecule has 0 saturated heterocycles. The first kappa shape index (κ1) is 12.2. The van der Waals surface area contributed by atoms with E-state index in [9.17, 15) is 4.79 Å². The van der Waals surface area contributed by atoms with Crippen LogP contribution >= 0.6 is 11.6 Å². The number of carbonyl (C=O) groups excluding carboxylic acids is 1. The third kappa shape index (κ3) is 2.24. The van der Waals surface area contributed by atoms with E-state index in [2.05, 4.69) is 13.0 Å². The fourth-order valence-electron chi connectivity index (χ4n) is 2.48. The summed E-state index contributed by atoms with van der Waals surface area (Å²) in [5.41, 5.74) is 3.73. The molecule has 1 unspecified atom stereocenters. The molecule has 2 aromatic rings. The molecular weight excluding hydrogens is 260 g/mol. The summed E-state index contributed by atoms with van der Waals surface area (Å²) >= 11 is 5.92. The van der Waals surface area contributed by atoms with Crippen molar-refractivity contribution in [2.45, 2.75) is 19.4 Å². The standard InChI is InChI=1S/C16H13ClO2/c1-10-6-12-7-11(2-5-16(12)19-10)15-4-3-14(17)8-13(15)9-18/h2-5,7-10H,6H2,1H3. The lowest BCUT2D eigenvalue weighted by Crippen LogP contribution is -2.05. The smallest absolute Gasteiger partial charge is 0.150 e. The van der Waals surface area contributed by atoms with Gasteiger partial charge in [0, 0.05) is 17.0 Å². The normalized spacial score (nSPS) is 16.8. The van der Waals surface area contributed by atoms with Crippen LogP contribution in [0.4, 0.5) is 0 Å². The molecule has 96 valence electrons. The molecule has 1 heterocycles. The Labute approximate surface area is 117 Å². The van der Waals surface area contributed by atoms with Crippen molar-refractivity contribution in [1.82, 2.24) is 0 Å². The zero-order chi connectivity index (χ0) is 13.4. The number of aldehydes is 1. The van der Waals surface area contributed by atoms with Gasteiger partial charge in [-0.2, -0.15) is 0 Å². The van der Waals surface area contributed by atoms with Gasteiger partial charge in [-0.1, -0.05) is 23.7 Å². The number of halogens is 1. The largest absolute Gasteiger partial charge is 0.490 e. The van der Waals surface area contributed by atoms with Crippen LogP contribution in [0.3, 0.4) is 0 Å². The van der Waals surface area contributed by atoms with Crippen LogP contribution in [0, 0.1) is 0 Å². The molecule has 2 nitrogen and oxygen atoms in total. The van der Waals surface area contributed by atoms with Crippen LogP contribution in [0.25, 0.3) is 11.1 Å². The van der Waals surface area contributed by atoms with Gasteiger partial charge < -0.3 is 4.74 Å². The summed E-state index contributed by atoms with van der Waals surface area (Å²) in [5, 5.41) is 0.573. The van der Waals surface area contributed by atoms with Crippen molar-refractivity contribution >= 4 is 17.9 Å². The maximum absolute atomic E-state index is 11.2. The van der Waals surface area contributed by atoms with Crippen LogP contribution in [-0.4, -0.2) is 12.4 Å². The second kappa shape index (κ2) is 4.71. The number of fused-ring (bicyclic) bond motifs is 1. The average Bonchev–Trinajstić information content (AvgIpc) is 2.77. The molecule has 3 heteroatoms. The third-order valence-corrected chi connectivity index (χ3v) is 3.58. The Morgan fingerprint density at radius 2 is 2.11 bits per heavy atom. The molecule has 1 atom stereocenters. The highest BCUT2D eigenvalue weighted by Crippen LogP contribution is 2.34. The van der Waals surface area contributed by atoms with Crippen molar-refractivity contribution in [3.05, 3.63) is 52.5 Å². The van der Waals surface area contributed by atoms with Crippen LogP contribution < -0.4 is 4.74 Å². The first-order valence-electron chi connectivity index (χ1n) is 6.22. The van der Waals surface area contributed by atoms with E-state index in [-0.39, 0.29) is 6.10 Å². The van der Waals surface area contributed by atoms with E-state index in [0.717, 1.165) is 29.6 Å². The molecule has 0 amide bonds. The van der Waals surface area contributed by atoms with Gasteiger partial charge in [0.15, 0.2) is 6.29 Å². The SMILES string of the molecule is CC1Cc2cc(-c3ccc(Cl)cc3C=O)ccc2O1. The Morgan fingerprint density at radius 1 is 1.26 bits per heavy atom. The molecule has 0 N–H and O–H groups in total. The van der Waals surface area contributed by atoms with E-state index in [1.165, 1.54) is 5.56 Å². The monoisotopic (exact) mass is 272 g/mol. The number of hydrogen-bond acceptors (Lipinski definition) is 2. The lowest BCUT2D eigenvalue weighted by atomic mass is 9.97. The zero-order valence-electron chi connectivity index (χ0n) is 10.5. The third-order valence-electron chi connectivity index (χ3n) is 3.35. The van der Waals surface area contributed by atoms with Gasteiger partial charge >= 0.3 is 0 Å². The number of rotatable bonds is 2. The lowest BCUT2D eigenvalue weighted by molar-refractivity contribution is 0.112. The molecule has 2 aromatic carbocycles. The van der Waals surface area contributed by atoms with Gasteiger partial charge in [0.05, 0.1) is 0 Å². The van der Waals surface area contributed by atoms with Crippen molar-refractivity contribution in [2.75, 3.05) is 0 Å². The Hall–Kier alpha value is -1.80. The maximum atomic E-state index is 11.2. The van der Waals surface area contributed by atoms with E-state index < -0.39 is 0 Å². The van der Waals surface area contributed by atoms with Crippen molar-refractivity contribution in [2.24, 2.45) is 0 Å². The molecule has 0 bridgehead atoms. The minimum absolute atomic E-state index is 0.223. The summed E-state index contributed by atoms with van der Waals surface area (Å²) in [6.45, 7) is 2.05. The number of carbonyl (C=O) groups is 1. The topological polar surface area (TPSA) is 26.3 Å². The number of hydrogen-bond donors (Lipinski definition) is 0. The summed E-state index contributed by atoms with van der Waals surface area (Å²) in [6, 6.07) is 11.4. The second-order valence-electron chi connectivity index (χ2n) is 4.80. The highest BCUT2D eigenvalue weighted by atomic mass is 35.5. The number of ether oxygens (including phenoxy) is 1.